The Kier molecular flexibility index (Phi) is 5.90. The zero-order chi connectivity index (χ0) is 22.9. The highest BCUT2D eigenvalue weighted by atomic mass is 16.6. The fourth-order valence-electron chi connectivity index (χ4n) is 4.39. The van der Waals surface area contributed by atoms with Crippen molar-refractivity contribution >= 4 is 40.7 Å². The number of H-pyrrole nitrogens is 1. The first-order valence-corrected chi connectivity index (χ1v) is 11.0. The Hall–Kier alpha value is -3.36. The van der Waals surface area contributed by atoms with Gasteiger partial charge in [0.15, 0.2) is 0 Å². The number of aromatic amines is 1. The molecule has 0 radical (unpaired) electrons. The number of alkyl carbamates (subject to hydrolysis) is 1. The third kappa shape index (κ3) is 4.76. The van der Waals surface area contributed by atoms with Crippen molar-refractivity contribution in [3.05, 3.63) is 29.5 Å². The smallest absolute Gasteiger partial charge is 0.408 e. The summed E-state index contributed by atoms with van der Waals surface area (Å²) >= 11 is 0. The second-order valence-corrected chi connectivity index (χ2v) is 9.40. The number of rotatable bonds is 4. The lowest BCUT2D eigenvalue weighted by Crippen LogP contribution is -2.50. The molecule has 1 saturated carbocycles. The lowest BCUT2D eigenvalue weighted by atomic mass is 9.83. The van der Waals surface area contributed by atoms with E-state index in [-0.39, 0.29) is 17.7 Å². The summed E-state index contributed by atoms with van der Waals surface area (Å²) in [5.41, 5.74) is 4.20. The zero-order valence-electron chi connectivity index (χ0n) is 18.6. The minimum absolute atomic E-state index is 0.0235. The fourth-order valence-corrected chi connectivity index (χ4v) is 4.39. The molecule has 9 heteroatoms. The summed E-state index contributed by atoms with van der Waals surface area (Å²) in [6.45, 7) is 5.35. The fraction of sp³-hybridized carbons (Fsp3) is 0.478. The highest BCUT2D eigenvalue weighted by Crippen LogP contribution is 2.30. The van der Waals surface area contributed by atoms with Gasteiger partial charge in [0, 0.05) is 28.4 Å². The highest BCUT2D eigenvalue weighted by Gasteiger charge is 2.33. The van der Waals surface area contributed by atoms with Gasteiger partial charge in [0.1, 0.15) is 11.6 Å². The van der Waals surface area contributed by atoms with Crippen LogP contribution in [0.4, 0.5) is 10.5 Å². The summed E-state index contributed by atoms with van der Waals surface area (Å²) < 4.78 is 5.39. The van der Waals surface area contributed by atoms with Gasteiger partial charge in [0.25, 0.3) is 5.91 Å². The van der Waals surface area contributed by atoms with Crippen molar-refractivity contribution in [2.75, 3.05) is 5.32 Å². The third-order valence-corrected chi connectivity index (χ3v) is 5.77. The van der Waals surface area contributed by atoms with E-state index in [9.17, 15) is 14.4 Å². The molecule has 1 aromatic carbocycles. The summed E-state index contributed by atoms with van der Waals surface area (Å²) in [4.78, 5) is 41.3. The monoisotopic (exact) mass is 439 g/mol. The van der Waals surface area contributed by atoms with Crippen molar-refractivity contribution in [1.82, 2.24) is 15.7 Å². The summed E-state index contributed by atoms with van der Waals surface area (Å²) in [6, 6.07) is 2.68. The van der Waals surface area contributed by atoms with Gasteiger partial charge in [0.2, 0.25) is 5.91 Å². The molecule has 1 atom stereocenters. The second-order valence-electron chi connectivity index (χ2n) is 9.40. The summed E-state index contributed by atoms with van der Waals surface area (Å²) in [5, 5.41) is 10.3. The molecular formula is C23H29N5O4. The Morgan fingerprint density at radius 2 is 1.94 bits per heavy atom. The molecule has 9 nitrogen and oxygen atoms in total. The van der Waals surface area contributed by atoms with Crippen LogP contribution in [0, 0.1) is 5.92 Å². The lowest BCUT2D eigenvalue weighted by molar-refractivity contribution is -0.119. The maximum atomic E-state index is 13.3. The second kappa shape index (κ2) is 8.64. The van der Waals surface area contributed by atoms with Crippen LogP contribution in [0.25, 0.3) is 10.9 Å². The van der Waals surface area contributed by atoms with Crippen molar-refractivity contribution in [1.29, 1.82) is 0 Å². The van der Waals surface area contributed by atoms with Crippen LogP contribution in [-0.2, 0) is 9.53 Å². The Labute approximate surface area is 186 Å². The molecular weight excluding hydrogens is 410 g/mol. The molecule has 2 aliphatic rings. The van der Waals surface area contributed by atoms with Gasteiger partial charge in [-0.05, 0) is 51.7 Å². The molecule has 0 unspecified atom stereocenters. The Morgan fingerprint density at radius 1 is 1.19 bits per heavy atom. The maximum Gasteiger partial charge on any atom is 0.408 e. The molecule has 1 aromatic heterocycles. The van der Waals surface area contributed by atoms with Crippen molar-refractivity contribution < 1.29 is 19.1 Å². The molecule has 0 saturated heterocycles. The minimum Gasteiger partial charge on any atom is -0.444 e. The van der Waals surface area contributed by atoms with Gasteiger partial charge in [-0.15, -0.1) is 0 Å². The first kappa shape index (κ1) is 21.9. The van der Waals surface area contributed by atoms with Gasteiger partial charge < -0.3 is 20.4 Å². The average molecular weight is 440 g/mol. The van der Waals surface area contributed by atoms with Gasteiger partial charge in [-0.2, -0.15) is 5.10 Å². The first-order valence-electron chi connectivity index (χ1n) is 11.0. The number of hydrazone groups is 1. The number of ether oxygens (including phenoxy) is 1. The van der Waals surface area contributed by atoms with Crippen molar-refractivity contribution in [2.45, 2.75) is 64.5 Å². The average Bonchev–Trinajstić information content (AvgIpc) is 3.05. The first-order chi connectivity index (χ1) is 15.2. The molecule has 3 amide bonds. The Bertz CT molecular complexity index is 1080. The van der Waals surface area contributed by atoms with Gasteiger partial charge >= 0.3 is 6.09 Å². The number of nitrogens with zero attached hydrogens (tertiary/aromatic N) is 1. The molecule has 4 N–H and O–H groups in total. The Morgan fingerprint density at radius 3 is 2.66 bits per heavy atom. The number of amides is 3. The van der Waals surface area contributed by atoms with Crippen molar-refractivity contribution in [3.63, 3.8) is 0 Å². The SMILES string of the molecule is CC(C)(C)OC(=O)N[C@@H](C(=O)Nc1cc2c3c(c[nH]c3c1)C=NNC2=O)C1CCCCC1. The molecule has 170 valence electrons. The number of hydrogen-bond donors (Lipinski definition) is 4. The standard InChI is InChI=1S/C23H29N5O4/c1-23(2,3)32-22(31)27-19(13-7-5-4-6-8-13)21(30)26-15-9-16-18-14(11-24-17(18)10-15)12-25-28-20(16)29/h9-13,19,24H,4-8H2,1-3H3,(H,26,30)(H,27,31)(H,28,29)/t19-/m1/s1. The largest absolute Gasteiger partial charge is 0.444 e. The van der Waals surface area contributed by atoms with Crippen molar-refractivity contribution in [3.8, 4) is 0 Å². The molecule has 1 aliphatic carbocycles. The molecule has 1 fully saturated rings. The molecule has 4 rings (SSSR count). The van der Waals surface area contributed by atoms with Crippen LogP contribution in [0.1, 0.15) is 68.8 Å². The number of aromatic nitrogens is 1. The van der Waals surface area contributed by atoms with Crippen LogP contribution in [0.2, 0.25) is 0 Å². The lowest BCUT2D eigenvalue weighted by Gasteiger charge is -2.31. The predicted octanol–water partition coefficient (Wildman–Crippen LogP) is 3.66. The van der Waals surface area contributed by atoms with Crippen LogP contribution in [0.15, 0.2) is 23.4 Å². The van der Waals surface area contributed by atoms with Crippen LogP contribution in [0.5, 0.6) is 0 Å². The summed E-state index contributed by atoms with van der Waals surface area (Å²) in [7, 11) is 0. The molecule has 2 aromatic rings. The molecule has 1 aliphatic heterocycles. The Balaban J connectivity index is 1.59. The minimum atomic E-state index is -0.726. The van der Waals surface area contributed by atoms with Gasteiger partial charge in [0.05, 0.1) is 11.8 Å². The predicted molar refractivity (Wildman–Crippen MR) is 122 cm³/mol. The zero-order valence-corrected chi connectivity index (χ0v) is 18.6. The molecule has 0 bridgehead atoms. The van der Waals surface area contributed by atoms with Crippen LogP contribution in [-0.4, -0.2) is 40.7 Å². The van der Waals surface area contributed by atoms with E-state index in [1.165, 1.54) is 0 Å². The highest BCUT2D eigenvalue weighted by molar-refractivity contribution is 6.15. The quantitative estimate of drug-likeness (QED) is 0.580. The normalized spacial score (nSPS) is 17.4. The summed E-state index contributed by atoms with van der Waals surface area (Å²) in [5.74, 6) is -0.655. The maximum absolute atomic E-state index is 13.3. The van der Waals surface area contributed by atoms with Gasteiger partial charge in [-0.3, -0.25) is 9.59 Å². The van der Waals surface area contributed by atoms with Crippen LogP contribution < -0.4 is 16.1 Å². The number of hydrogen-bond acceptors (Lipinski definition) is 5. The summed E-state index contributed by atoms with van der Waals surface area (Å²) in [6.07, 6.45) is 7.61. The topological polar surface area (TPSA) is 125 Å². The number of carbonyl (C=O) groups is 3. The number of nitrogens with one attached hydrogen (secondary N) is 4. The molecule has 32 heavy (non-hydrogen) atoms. The van der Waals surface area contributed by atoms with Crippen LogP contribution in [0.3, 0.4) is 0 Å². The number of benzene rings is 1. The third-order valence-electron chi connectivity index (χ3n) is 5.77. The van der Waals surface area contributed by atoms with E-state index in [4.69, 9.17) is 4.74 Å². The van der Waals surface area contributed by atoms with E-state index in [0.717, 1.165) is 43.1 Å². The van der Waals surface area contributed by atoms with Gasteiger partial charge in [-0.1, -0.05) is 19.3 Å². The van der Waals surface area contributed by atoms with E-state index in [2.05, 4.69) is 26.1 Å². The van der Waals surface area contributed by atoms with E-state index in [0.29, 0.717) is 16.8 Å². The van der Waals surface area contributed by atoms with E-state index < -0.39 is 17.7 Å². The number of carbonyl (C=O) groups excluding carboxylic acids is 3. The van der Waals surface area contributed by atoms with Crippen molar-refractivity contribution in [2.24, 2.45) is 11.0 Å². The van der Waals surface area contributed by atoms with Gasteiger partial charge in [-0.25, -0.2) is 10.2 Å². The number of anilines is 1. The van der Waals surface area contributed by atoms with E-state index in [1.807, 2.05) is 0 Å². The molecule has 0 spiro atoms. The van der Waals surface area contributed by atoms with Crippen LogP contribution >= 0.6 is 0 Å². The van der Waals surface area contributed by atoms with E-state index in [1.54, 1.807) is 45.3 Å². The van der Waals surface area contributed by atoms with E-state index >= 15 is 0 Å². The molecule has 2 heterocycles.